The Kier molecular flexibility index (Phi) is 6.21. The fraction of sp³-hybridized carbons (Fsp3) is 0.125. The lowest BCUT2D eigenvalue weighted by Gasteiger charge is -2.11. The largest absolute Gasteiger partial charge is 0.491 e. The summed E-state index contributed by atoms with van der Waals surface area (Å²) in [6.45, 7) is 0.538. The van der Waals surface area contributed by atoms with Gasteiger partial charge in [0.1, 0.15) is 24.7 Å². The lowest BCUT2D eigenvalue weighted by atomic mass is 10.1. The summed E-state index contributed by atoms with van der Waals surface area (Å²) in [4.78, 5) is 13.1. The summed E-state index contributed by atoms with van der Waals surface area (Å²) in [6.07, 6.45) is 10.8. The van der Waals surface area contributed by atoms with Gasteiger partial charge in [0.05, 0.1) is 17.7 Å². The molecule has 0 bridgehead atoms. The van der Waals surface area contributed by atoms with E-state index in [1.807, 2.05) is 48.5 Å². The highest BCUT2D eigenvalue weighted by Crippen LogP contribution is 2.27. The molecule has 0 aliphatic rings. The third-order valence-corrected chi connectivity index (χ3v) is 4.40. The molecule has 7 heteroatoms. The van der Waals surface area contributed by atoms with E-state index in [4.69, 9.17) is 21.0 Å². The minimum Gasteiger partial charge on any atom is -0.491 e. The van der Waals surface area contributed by atoms with E-state index in [9.17, 15) is 0 Å². The number of nitrogens with zero attached hydrogens (tertiary/aromatic N) is 3. The molecule has 0 saturated carbocycles. The zero-order valence-corrected chi connectivity index (χ0v) is 16.7. The van der Waals surface area contributed by atoms with Gasteiger partial charge in [0.2, 0.25) is 5.95 Å². The molecule has 4 aromatic rings. The molecule has 2 N–H and O–H groups in total. The van der Waals surface area contributed by atoms with Crippen LogP contribution < -0.4 is 14.8 Å². The number of hydrogen-bond donors (Lipinski definition) is 2. The van der Waals surface area contributed by atoms with Gasteiger partial charge in [-0.15, -0.1) is 6.42 Å². The number of benzene rings is 2. The third kappa shape index (κ3) is 5.07. The molecule has 4 rings (SSSR count). The van der Waals surface area contributed by atoms with Gasteiger partial charge in [-0.1, -0.05) is 18.1 Å². The maximum atomic E-state index is 8.91. The van der Waals surface area contributed by atoms with Gasteiger partial charge in [0.15, 0.2) is 0 Å². The van der Waals surface area contributed by atoms with Crippen molar-refractivity contribution in [3.63, 3.8) is 0 Å². The number of aliphatic hydroxyl groups excluding tert-OH is 1. The molecule has 0 unspecified atom stereocenters. The highest BCUT2D eigenvalue weighted by molar-refractivity contribution is 5.83. The van der Waals surface area contributed by atoms with Crippen LogP contribution in [0.25, 0.3) is 10.9 Å². The zero-order valence-electron chi connectivity index (χ0n) is 16.7. The van der Waals surface area contributed by atoms with E-state index in [1.54, 1.807) is 18.6 Å². The molecule has 0 amide bonds. The van der Waals surface area contributed by atoms with Crippen molar-refractivity contribution in [2.24, 2.45) is 0 Å². The summed E-state index contributed by atoms with van der Waals surface area (Å²) in [6, 6.07) is 14.8. The molecule has 0 radical (unpaired) electrons. The van der Waals surface area contributed by atoms with Crippen LogP contribution in [0.5, 0.6) is 11.5 Å². The van der Waals surface area contributed by atoms with Crippen molar-refractivity contribution in [2.75, 3.05) is 18.5 Å². The Morgan fingerprint density at radius 1 is 1.06 bits per heavy atom. The average molecular weight is 412 g/mol. The molecular weight excluding hydrogens is 392 g/mol. The van der Waals surface area contributed by atoms with Crippen LogP contribution in [-0.4, -0.2) is 33.3 Å². The number of hydrogen-bond acceptors (Lipinski definition) is 7. The first-order valence-electron chi connectivity index (χ1n) is 9.65. The molecule has 0 aliphatic carbocycles. The van der Waals surface area contributed by atoms with Crippen molar-refractivity contribution in [1.29, 1.82) is 0 Å². The van der Waals surface area contributed by atoms with E-state index in [-0.39, 0.29) is 13.2 Å². The molecule has 0 saturated heterocycles. The first-order valence-corrected chi connectivity index (χ1v) is 9.65. The first kappa shape index (κ1) is 20.1. The average Bonchev–Trinajstić information content (AvgIpc) is 2.81. The number of pyridine rings is 1. The Bertz CT molecular complexity index is 1220. The number of aromatic nitrogens is 3. The molecule has 2 heterocycles. The van der Waals surface area contributed by atoms with Crippen LogP contribution in [0.3, 0.4) is 0 Å². The van der Waals surface area contributed by atoms with Crippen LogP contribution in [0, 0.1) is 12.3 Å². The highest BCUT2D eigenvalue weighted by Gasteiger charge is 2.09. The van der Waals surface area contributed by atoms with Gasteiger partial charge in [-0.05, 0) is 24.3 Å². The molecule has 0 aliphatic heterocycles. The normalized spacial score (nSPS) is 10.5. The number of fused-ring (bicyclic) bond motifs is 1. The van der Waals surface area contributed by atoms with Crippen molar-refractivity contribution < 1.29 is 14.6 Å². The predicted molar refractivity (Wildman–Crippen MR) is 118 cm³/mol. The Balaban J connectivity index is 1.57. The minimum absolute atomic E-state index is 0.0454. The fourth-order valence-electron chi connectivity index (χ4n) is 2.95. The van der Waals surface area contributed by atoms with E-state index in [1.165, 1.54) is 0 Å². The van der Waals surface area contributed by atoms with Crippen molar-refractivity contribution in [3.05, 3.63) is 78.2 Å². The number of rotatable bonds is 8. The van der Waals surface area contributed by atoms with Gasteiger partial charge in [0.25, 0.3) is 0 Å². The zero-order chi connectivity index (χ0) is 21.5. The SMILES string of the molecule is C#Cc1cc2cnc(Nc3cccc(OCCO)c3)nc2cc1OCc1cccnc1. The van der Waals surface area contributed by atoms with Crippen molar-refractivity contribution in [2.45, 2.75) is 6.61 Å². The Morgan fingerprint density at radius 2 is 2.00 bits per heavy atom. The summed E-state index contributed by atoms with van der Waals surface area (Å²) in [7, 11) is 0. The second-order valence-electron chi connectivity index (χ2n) is 6.62. The quantitative estimate of drug-likeness (QED) is 0.427. The molecule has 0 atom stereocenters. The smallest absolute Gasteiger partial charge is 0.227 e. The summed E-state index contributed by atoms with van der Waals surface area (Å²) in [5, 5.41) is 12.9. The van der Waals surface area contributed by atoms with Gasteiger partial charge >= 0.3 is 0 Å². The van der Waals surface area contributed by atoms with Crippen LogP contribution in [0.2, 0.25) is 0 Å². The van der Waals surface area contributed by atoms with Crippen LogP contribution in [-0.2, 0) is 6.61 Å². The highest BCUT2D eigenvalue weighted by atomic mass is 16.5. The van der Waals surface area contributed by atoms with Crippen LogP contribution in [0.15, 0.2) is 67.1 Å². The number of terminal acetylenes is 1. The maximum absolute atomic E-state index is 8.91. The fourth-order valence-corrected chi connectivity index (χ4v) is 2.95. The van der Waals surface area contributed by atoms with Crippen molar-refractivity contribution >= 4 is 22.5 Å². The Hall–Kier alpha value is -4.15. The van der Waals surface area contributed by atoms with Crippen LogP contribution in [0.4, 0.5) is 11.6 Å². The number of ether oxygens (including phenoxy) is 2. The van der Waals surface area contributed by atoms with E-state index < -0.39 is 0 Å². The number of nitrogens with one attached hydrogen (secondary N) is 1. The molecule has 31 heavy (non-hydrogen) atoms. The molecule has 0 fully saturated rings. The van der Waals surface area contributed by atoms with E-state index >= 15 is 0 Å². The number of anilines is 2. The molecular formula is C24H20N4O3. The third-order valence-electron chi connectivity index (χ3n) is 4.40. The molecule has 7 nitrogen and oxygen atoms in total. The van der Waals surface area contributed by atoms with Crippen LogP contribution >= 0.6 is 0 Å². The summed E-state index contributed by atoms with van der Waals surface area (Å²) in [5.74, 6) is 4.30. The summed E-state index contributed by atoms with van der Waals surface area (Å²) < 4.78 is 11.4. The maximum Gasteiger partial charge on any atom is 0.227 e. The minimum atomic E-state index is -0.0454. The summed E-state index contributed by atoms with van der Waals surface area (Å²) >= 11 is 0. The van der Waals surface area contributed by atoms with Gasteiger partial charge < -0.3 is 19.9 Å². The van der Waals surface area contributed by atoms with Crippen LogP contribution in [0.1, 0.15) is 11.1 Å². The Labute approximate surface area is 179 Å². The van der Waals surface area contributed by atoms with Gasteiger partial charge in [-0.25, -0.2) is 9.97 Å². The lowest BCUT2D eigenvalue weighted by Crippen LogP contribution is -2.02. The second kappa shape index (κ2) is 9.57. The first-order chi connectivity index (χ1) is 15.2. The lowest BCUT2D eigenvalue weighted by molar-refractivity contribution is 0.201. The Morgan fingerprint density at radius 3 is 2.81 bits per heavy atom. The molecule has 2 aromatic carbocycles. The molecule has 2 aromatic heterocycles. The van der Waals surface area contributed by atoms with Crippen molar-refractivity contribution in [1.82, 2.24) is 15.0 Å². The van der Waals surface area contributed by atoms with E-state index in [0.29, 0.717) is 35.1 Å². The monoisotopic (exact) mass is 412 g/mol. The van der Waals surface area contributed by atoms with Gasteiger partial charge in [-0.3, -0.25) is 4.98 Å². The molecule has 154 valence electrons. The topological polar surface area (TPSA) is 89.4 Å². The standard InChI is InChI=1S/C24H20N4O3/c1-2-18-11-19-15-26-24(27-20-6-3-7-21(12-20)30-10-9-29)28-22(19)13-23(18)31-16-17-5-4-8-25-14-17/h1,3-8,11-15,29H,9-10,16H2,(H,26,27,28). The van der Waals surface area contributed by atoms with Gasteiger partial charge in [-0.2, -0.15) is 0 Å². The second-order valence-corrected chi connectivity index (χ2v) is 6.62. The van der Waals surface area contributed by atoms with E-state index in [0.717, 1.165) is 16.6 Å². The van der Waals surface area contributed by atoms with E-state index in [2.05, 4.69) is 26.2 Å². The van der Waals surface area contributed by atoms with Gasteiger partial charge in [0, 0.05) is 47.4 Å². The predicted octanol–water partition coefficient (Wildman–Crippen LogP) is 3.70. The number of aliphatic hydroxyl groups is 1. The van der Waals surface area contributed by atoms with Crippen molar-refractivity contribution in [3.8, 4) is 23.8 Å². The molecule has 0 spiro atoms. The summed E-state index contributed by atoms with van der Waals surface area (Å²) in [5.41, 5.74) is 3.04.